The highest BCUT2D eigenvalue weighted by Crippen LogP contribution is 2.31. The molecular weight excluding hydrogens is 299 g/mol. The molecule has 1 aromatic rings. The van der Waals surface area contributed by atoms with Gasteiger partial charge in [0.1, 0.15) is 7.85 Å². The number of hydrogen-bond donors (Lipinski definition) is 0. The number of esters is 1. The van der Waals surface area contributed by atoms with Crippen LogP contribution in [0.1, 0.15) is 48.5 Å². The van der Waals surface area contributed by atoms with E-state index in [2.05, 4.69) is 30.8 Å². The lowest BCUT2D eigenvalue weighted by Gasteiger charge is -2.40. The first-order valence-corrected chi connectivity index (χ1v) is 8.80. The average molecular weight is 328 g/mol. The van der Waals surface area contributed by atoms with E-state index in [1.807, 2.05) is 13.0 Å². The lowest BCUT2D eigenvalue weighted by Crippen LogP contribution is -2.42. The van der Waals surface area contributed by atoms with E-state index in [4.69, 9.17) is 12.6 Å². The Hall–Kier alpha value is -1.49. The van der Waals surface area contributed by atoms with Crippen molar-refractivity contribution in [2.45, 2.75) is 51.6 Å². The molecule has 0 unspecified atom stereocenters. The normalized spacial score (nSPS) is 20.9. The van der Waals surface area contributed by atoms with Gasteiger partial charge in [-0.15, -0.1) is 0 Å². The Balaban J connectivity index is 2.28. The highest BCUT2D eigenvalue weighted by Gasteiger charge is 2.28. The van der Waals surface area contributed by atoms with Gasteiger partial charge in [0.15, 0.2) is 0 Å². The predicted molar refractivity (Wildman–Crippen MR) is 101 cm³/mol. The summed E-state index contributed by atoms with van der Waals surface area (Å²) in [6.07, 6.45) is 4.75. The fourth-order valence-corrected chi connectivity index (χ4v) is 3.85. The molecule has 0 saturated heterocycles. The summed E-state index contributed by atoms with van der Waals surface area (Å²) in [5.74, 6) is -0.326. The van der Waals surface area contributed by atoms with Crippen LogP contribution in [0.15, 0.2) is 12.1 Å². The molecule has 0 aliphatic heterocycles. The highest BCUT2D eigenvalue weighted by atomic mass is 16.5. The summed E-state index contributed by atoms with van der Waals surface area (Å²) in [7, 11) is 11.8. The zero-order valence-corrected chi connectivity index (χ0v) is 15.6. The van der Waals surface area contributed by atoms with Crippen molar-refractivity contribution in [2.75, 3.05) is 32.6 Å². The van der Waals surface area contributed by atoms with Crippen molar-refractivity contribution in [3.63, 3.8) is 0 Å². The summed E-state index contributed by atoms with van der Waals surface area (Å²) < 4.78 is 4.91. The zero-order valence-electron chi connectivity index (χ0n) is 15.6. The summed E-state index contributed by atoms with van der Waals surface area (Å²) in [6.45, 7) is 5.05. The van der Waals surface area contributed by atoms with Crippen molar-refractivity contribution in [3.8, 4) is 0 Å². The lowest BCUT2D eigenvalue weighted by molar-refractivity contribution is 0.0600. The van der Waals surface area contributed by atoms with Crippen molar-refractivity contribution in [1.29, 1.82) is 0 Å². The summed E-state index contributed by atoms with van der Waals surface area (Å²) in [5, 5.41) is 0. The third-order valence-corrected chi connectivity index (χ3v) is 5.30. The van der Waals surface area contributed by atoms with Crippen LogP contribution in [0.3, 0.4) is 0 Å². The Bertz CT molecular complexity index is 581. The molecule has 24 heavy (non-hydrogen) atoms. The summed E-state index contributed by atoms with van der Waals surface area (Å²) in [5.41, 5.74) is 3.18. The van der Waals surface area contributed by atoms with Crippen LogP contribution in [0.4, 0.5) is 5.69 Å². The number of benzene rings is 1. The quantitative estimate of drug-likeness (QED) is 0.613. The molecule has 0 atom stereocenters. The number of carbonyl (C=O) groups is 1. The van der Waals surface area contributed by atoms with Crippen molar-refractivity contribution in [1.82, 2.24) is 4.90 Å². The molecule has 4 nitrogen and oxygen atoms in total. The molecule has 0 N–H and O–H groups in total. The van der Waals surface area contributed by atoms with E-state index < -0.39 is 0 Å². The maximum Gasteiger partial charge on any atom is 0.338 e. The van der Waals surface area contributed by atoms with Crippen LogP contribution in [0.5, 0.6) is 0 Å². The van der Waals surface area contributed by atoms with Crippen LogP contribution < -0.4 is 10.4 Å². The van der Waals surface area contributed by atoms with Crippen LogP contribution in [0.2, 0.25) is 0 Å². The number of nitrogens with zero attached hydrogens (tertiary/aromatic N) is 2. The molecule has 2 rings (SSSR count). The van der Waals surface area contributed by atoms with Gasteiger partial charge in [0.2, 0.25) is 0 Å². The molecule has 1 fully saturated rings. The van der Waals surface area contributed by atoms with Gasteiger partial charge in [-0.25, -0.2) is 4.79 Å². The molecule has 2 radical (unpaired) electrons. The standard InChI is InChI=1S/C19H29BN2O2/c1-6-22(16-9-7-15(8-10-16)21(3)4)18-12-14(20)11-17(13(18)2)19(23)24-5/h11-12,15-16H,6-10H2,1-5H3. The van der Waals surface area contributed by atoms with Crippen LogP contribution in [0, 0.1) is 6.92 Å². The van der Waals surface area contributed by atoms with E-state index in [9.17, 15) is 4.79 Å². The first kappa shape index (κ1) is 18.8. The molecule has 1 aromatic carbocycles. The van der Waals surface area contributed by atoms with Crippen molar-refractivity contribution in [3.05, 3.63) is 23.3 Å². The minimum Gasteiger partial charge on any atom is -0.465 e. The Labute approximate surface area is 147 Å². The molecule has 130 valence electrons. The first-order valence-electron chi connectivity index (χ1n) is 8.80. The largest absolute Gasteiger partial charge is 0.465 e. The molecule has 1 saturated carbocycles. The number of hydrogen-bond acceptors (Lipinski definition) is 4. The maximum absolute atomic E-state index is 12.0. The summed E-state index contributed by atoms with van der Waals surface area (Å²) >= 11 is 0. The van der Waals surface area contributed by atoms with Gasteiger partial charge in [0, 0.05) is 24.3 Å². The molecule has 1 aliphatic carbocycles. The van der Waals surface area contributed by atoms with E-state index in [0.29, 0.717) is 23.1 Å². The molecule has 0 bridgehead atoms. The third-order valence-electron chi connectivity index (χ3n) is 5.30. The van der Waals surface area contributed by atoms with Crippen molar-refractivity contribution < 1.29 is 9.53 Å². The van der Waals surface area contributed by atoms with Gasteiger partial charge in [-0.2, -0.15) is 0 Å². The van der Waals surface area contributed by atoms with Crippen LogP contribution >= 0.6 is 0 Å². The predicted octanol–water partition coefficient (Wildman–Crippen LogP) is 2.27. The Morgan fingerprint density at radius 2 is 1.79 bits per heavy atom. The Morgan fingerprint density at radius 3 is 2.29 bits per heavy atom. The second-order valence-corrected chi connectivity index (χ2v) is 6.92. The van der Waals surface area contributed by atoms with E-state index in [1.54, 1.807) is 6.07 Å². The number of ether oxygens (including phenoxy) is 1. The molecule has 0 spiro atoms. The third kappa shape index (κ3) is 3.94. The van der Waals surface area contributed by atoms with Gasteiger partial charge in [0.25, 0.3) is 0 Å². The Kier molecular flexibility index (Phi) is 6.33. The second-order valence-electron chi connectivity index (χ2n) is 6.92. The molecule has 0 aromatic heterocycles. The monoisotopic (exact) mass is 328 g/mol. The molecule has 1 aliphatic rings. The zero-order chi connectivity index (χ0) is 17.9. The minimum absolute atomic E-state index is 0.326. The van der Waals surface area contributed by atoms with Gasteiger partial charge in [-0.3, -0.25) is 0 Å². The summed E-state index contributed by atoms with van der Waals surface area (Å²) in [6, 6.07) is 4.87. The van der Waals surface area contributed by atoms with Gasteiger partial charge >= 0.3 is 5.97 Å². The molecule has 0 amide bonds. The number of rotatable bonds is 5. The van der Waals surface area contributed by atoms with Crippen molar-refractivity contribution >= 4 is 25.0 Å². The average Bonchev–Trinajstić information content (AvgIpc) is 2.58. The van der Waals surface area contributed by atoms with E-state index >= 15 is 0 Å². The fraction of sp³-hybridized carbons (Fsp3) is 0.632. The summed E-state index contributed by atoms with van der Waals surface area (Å²) in [4.78, 5) is 16.8. The lowest BCUT2D eigenvalue weighted by atomic mass is 9.87. The second kappa shape index (κ2) is 8.06. The van der Waals surface area contributed by atoms with Gasteiger partial charge in [-0.05, 0) is 65.3 Å². The van der Waals surface area contributed by atoms with Crippen LogP contribution in [-0.4, -0.2) is 58.5 Å². The number of methoxy groups -OCH3 is 1. The van der Waals surface area contributed by atoms with E-state index in [-0.39, 0.29) is 5.97 Å². The van der Waals surface area contributed by atoms with Crippen molar-refractivity contribution in [2.24, 2.45) is 0 Å². The maximum atomic E-state index is 12.0. The van der Waals surface area contributed by atoms with E-state index in [1.165, 1.54) is 32.8 Å². The number of anilines is 1. The highest BCUT2D eigenvalue weighted by molar-refractivity contribution is 6.33. The van der Waals surface area contributed by atoms with Crippen LogP contribution in [-0.2, 0) is 4.74 Å². The molecule has 5 heteroatoms. The molecule has 0 heterocycles. The smallest absolute Gasteiger partial charge is 0.338 e. The van der Waals surface area contributed by atoms with Gasteiger partial charge < -0.3 is 14.5 Å². The molecular formula is C19H29BN2O2. The first-order chi connectivity index (χ1) is 11.4. The SMILES string of the molecule is [B]c1cc(C(=O)OC)c(C)c(N(CC)C2CCC(N(C)C)CC2)c1. The Morgan fingerprint density at radius 1 is 1.21 bits per heavy atom. The number of carbonyl (C=O) groups excluding carboxylic acids is 1. The topological polar surface area (TPSA) is 32.8 Å². The minimum atomic E-state index is -0.326. The van der Waals surface area contributed by atoms with E-state index in [0.717, 1.165) is 17.8 Å². The fourth-order valence-electron chi connectivity index (χ4n) is 3.85. The van der Waals surface area contributed by atoms with Crippen LogP contribution in [0.25, 0.3) is 0 Å². The van der Waals surface area contributed by atoms with Gasteiger partial charge in [0.05, 0.1) is 12.7 Å². The van der Waals surface area contributed by atoms with Gasteiger partial charge in [-0.1, -0.05) is 11.5 Å².